The molecule has 0 spiro atoms. The molecule has 3 heterocycles. The van der Waals surface area contributed by atoms with E-state index >= 15 is 0 Å². The summed E-state index contributed by atoms with van der Waals surface area (Å²) in [6.45, 7) is 3.99. The molecule has 0 unspecified atom stereocenters. The predicted octanol–water partition coefficient (Wildman–Crippen LogP) is 3.24. The molecule has 2 fully saturated rings. The largest absolute Gasteiger partial charge is 0.331 e. The van der Waals surface area contributed by atoms with Gasteiger partial charge in [-0.3, -0.25) is 4.90 Å². The molecule has 2 amide bonds. The topological polar surface area (TPSA) is 35.6 Å². The third-order valence-corrected chi connectivity index (χ3v) is 6.59. The Hall–Kier alpha value is -1.27. The van der Waals surface area contributed by atoms with E-state index in [0.29, 0.717) is 10.9 Å². The van der Waals surface area contributed by atoms with Crippen molar-refractivity contribution >= 4 is 17.8 Å². The van der Waals surface area contributed by atoms with Gasteiger partial charge >= 0.3 is 6.03 Å². The van der Waals surface area contributed by atoms with Crippen molar-refractivity contribution in [1.29, 1.82) is 0 Å². The minimum absolute atomic E-state index is 0.00353. The summed E-state index contributed by atoms with van der Waals surface area (Å²) in [5.41, 5.74) is 0.926. The first kappa shape index (κ1) is 16.2. The van der Waals surface area contributed by atoms with Crippen LogP contribution in [0.4, 0.5) is 9.18 Å². The van der Waals surface area contributed by atoms with Crippen LogP contribution in [0.3, 0.4) is 0 Å². The molecule has 2 atom stereocenters. The summed E-state index contributed by atoms with van der Waals surface area (Å²) in [6, 6.07) is 5.62. The van der Waals surface area contributed by atoms with E-state index < -0.39 is 0 Å². The van der Waals surface area contributed by atoms with Gasteiger partial charge in [-0.05, 0) is 50.4 Å². The van der Waals surface area contributed by atoms with E-state index in [1.165, 1.54) is 32.0 Å². The van der Waals surface area contributed by atoms with Crippen LogP contribution in [0.2, 0.25) is 0 Å². The smallest absolute Gasteiger partial charge is 0.317 e. The number of nitrogens with zero attached hydrogens (tertiary/aromatic N) is 2. The van der Waals surface area contributed by atoms with Crippen LogP contribution in [0.5, 0.6) is 0 Å². The van der Waals surface area contributed by atoms with Crippen molar-refractivity contribution in [1.82, 2.24) is 15.1 Å². The second kappa shape index (κ2) is 6.92. The Balaban J connectivity index is 1.40. The highest BCUT2D eigenvalue weighted by atomic mass is 32.2. The van der Waals surface area contributed by atoms with Gasteiger partial charge in [0.2, 0.25) is 0 Å². The van der Waals surface area contributed by atoms with E-state index in [2.05, 4.69) is 10.2 Å². The number of thioether (sulfide) groups is 1. The molecule has 0 aromatic heterocycles. The lowest BCUT2D eigenvalue weighted by Crippen LogP contribution is -2.43. The number of fused-ring (bicyclic) bond motifs is 1. The minimum Gasteiger partial charge on any atom is -0.331 e. The van der Waals surface area contributed by atoms with Crippen molar-refractivity contribution in [2.75, 3.05) is 31.9 Å². The van der Waals surface area contributed by atoms with Gasteiger partial charge in [0.15, 0.2) is 0 Å². The van der Waals surface area contributed by atoms with Crippen molar-refractivity contribution in [3.05, 3.63) is 29.6 Å². The van der Waals surface area contributed by atoms with Crippen LogP contribution in [0, 0.1) is 5.82 Å². The van der Waals surface area contributed by atoms with Gasteiger partial charge in [0.1, 0.15) is 5.82 Å². The van der Waals surface area contributed by atoms with Gasteiger partial charge in [-0.1, -0.05) is 12.1 Å². The molecule has 4 rings (SSSR count). The quantitative estimate of drug-likeness (QED) is 0.890. The molecule has 3 aliphatic rings. The van der Waals surface area contributed by atoms with Crippen LogP contribution >= 0.6 is 11.8 Å². The fraction of sp³-hybridized carbons (Fsp3) is 0.611. The lowest BCUT2D eigenvalue weighted by atomic mass is 10.0. The molecule has 1 aromatic rings. The van der Waals surface area contributed by atoms with E-state index in [0.717, 1.165) is 37.2 Å². The average Bonchev–Trinajstić information content (AvgIpc) is 3.27. The fourth-order valence-electron chi connectivity index (χ4n) is 4.11. The number of carbonyl (C=O) groups is 1. The summed E-state index contributed by atoms with van der Waals surface area (Å²) in [7, 11) is 0. The molecule has 1 aromatic carbocycles. The van der Waals surface area contributed by atoms with E-state index in [1.54, 1.807) is 17.8 Å². The SMILES string of the molecule is O=C(N[C@H]1CCSc2c(F)cccc21)N1CC[C@H](N2CCCC2)C1. The Morgan fingerprint density at radius 3 is 2.88 bits per heavy atom. The van der Waals surface area contributed by atoms with Crippen molar-refractivity contribution < 1.29 is 9.18 Å². The number of rotatable bonds is 2. The van der Waals surface area contributed by atoms with Crippen LogP contribution in [0.25, 0.3) is 0 Å². The number of carbonyl (C=O) groups excluding carboxylic acids is 1. The van der Waals surface area contributed by atoms with Gasteiger partial charge in [-0.2, -0.15) is 0 Å². The summed E-state index contributed by atoms with van der Waals surface area (Å²) in [5, 5.41) is 3.14. The molecular weight excluding hydrogens is 325 g/mol. The maximum absolute atomic E-state index is 14.0. The molecule has 130 valence electrons. The highest BCUT2D eigenvalue weighted by Gasteiger charge is 2.33. The molecular formula is C18H24FN3OS. The van der Waals surface area contributed by atoms with Gasteiger partial charge in [0, 0.05) is 29.8 Å². The molecule has 0 aliphatic carbocycles. The molecule has 3 aliphatic heterocycles. The first-order chi connectivity index (χ1) is 11.7. The second-order valence-corrected chi connectivity index (χ2v) is 8.03. The molecule has 4 nitrogen and oxygen atoms in total. The van der Waals surface area contributed by atoms with Gasteiger partial charge in [-0.25, -0.2) is 9.18 Å². The molecule has 1 N–H and O–H groups in total. The van der Waals surface area contributed by atoms with Gasteiger partial charge < -0.3 is 10.2 Å². The number of amides is 2. The number of hydrogen-bond acceptors (Lipinski definition) is 3. The summed E-state index contributed by atoms with van der Waals surface area (Å²) in [4.78, 5) is 17.8. The summed E-state index contributed by atoms with van der Waals surface area (Å²) >= 11 is 1.55. The Morgan fingerprint density at radius 2 is 2.04 bits per heavy atom. The van der Waals surface area contributed by atoms with Crippen LogP contribution < -0.4 is 5.32 Å². The Labute approximate surface area is 146 Å². The minimum atomic E-state index is -0.174. The summed E-state index contributed by atoms with van der Waals surface area (Å²) in [6.07, 6.45) is 4.49. The van der Waals surface area contributed by atoms with Crippen molar-refractivity contribution in [2.24, 2.45) is 0 Å². The van der Waals surface area contributed by atoms with Crippen LogP contribution in [-0.2, 0) is 0 Å². The van der Waals surface area contributed by atoms with Crippen LogP contribution in [-0.4, -0.2) is 53.8 Å². The zero-order valence-corrected chi connectivity index (χ0v) is 14.7. The summed E-state index contributed by atoms with van der Waals surface area (Å²) in [5.74, 6) is 0.668. The third-order valence-electron chi connectivity index (χ3n) is 5.43. The highest BCUT2D eigenvalue weighted by Crippen LogP contribution is 2.37. The second-order valence-electron chi connectivity index (χ2n) is 6.93. The third kappa shape index (κ3) is 3.14. The Morgan fingerprint density at radius 1 is 1.21 bits per heavy atom. The number of benzene rings is 1. The first-order valence-corrected chi connectivity index (χ1v) is 9.91. The Kier molecular flexibility index (Phi) is 4.68. The normalized spacial score (nSPS) is 27.3. The molecule has 0 bridgehead atoms. The average molecular weight is 349 g/mol. The maximum atomic E-state index is 14.0. The van der Waals surface area contributed by atoms with E-state index in [4.69, 9.17) is 0 Å². The predicted molar refractivity (Wildman–Crippen MR) is 93.8 cm³/mol. The van der Waals surface area contributed by atoms with Gasteiger partial charge in [0.25, 0.3) is 0 Å². The number of nitrogens with one attached hydrogen (secondary N) is 1. The van der Waals surface area contributed by atoms with Crippen molar-refractivity contribution in [3.8, 4) is 0 Å². The van der Waals surface area contributed by atoms with Crippen LogP contribution in [0.15, 0.2) is 23.1 Å². The number of halogens is 1. The van der Waals surface area contributed by atoms with E-state index in [-0.39, 0.29) is 17.9 Å². The molecule has 2 saturated heterocycles. The van der Waals surface area contributed by atoms with Gasteiger partial charge in [0.05, 0.1) is 6.04 Å². The van der Waals surface area contributed by atoms with Crippen LogP contribution in [0.1, 0.15) is 37.3 Å². The van der Waals surface area contributed by atoms with E-state index in [9.17, 15) is 9.18 Å². The maximum Gasteiger partial charge on any atom is 0.317 e. The lowest BCUT2D eigenvalue weighted by Gasteiger charge is -2.29. The van der Waals surface area contributed by atoms with Gasteiger partial charge in [-0.15, -0.1) is 11.8 Å². The zero-order valence-electron chi connectivity index (χ0n) is 13.8. The Bertz CT molecular complexity index is 620. The number of hydrogen-bond donors (Lipinski definition) is 1. The standard InChI is InChI=1S/C18H24FN3OS/c19-15-5-3-4-14-16(7-11-24-17(14)15)20-18(23)22-10-6-13(12-22)21-8-1-2-9-21/h3-5,13,16H,1-2,6-12H2,(H,20,23)/t13-,16-/m0/s1. The summed E-state index contributed by atoms with van der Waals surface area (Å²) < 4.78 is 14.0. The fourth-order valence-corrected chi connectivity index (χ4v) is 5.25. The first-order valence-electron chi connectivity index (χ1n) is 8.93. The van der Waals surface area contributed by atoms with E-state index in [1.807, 2.05) is 11.0 Å². The van der Waals surface area contributed by atoms with Crippen molar-refractivity contribution in [3.63, 3.8) is 0 Å². The van der Waals surface area contributed by atoms with Crippen molar-refractivity contribution in [2.45, 2.75) is 42.7 Å². The number of likely N-dealkylation sites (tertiary alicyclic amines) is 2. The number of urea groups is 1. The molecule has 0 saturated carbocycles. The molecule has 24 heavy (non-hydrogen) atoms. The molecule has 0 radical (unpaired) electrons. The lowest BCUT2D eigenvalue weighted by molar-refractivity contribution is 0.194. The zero-order chi connectivity index (χ0) is 16.5. The highest BCUT2D eigenvalue weighted by molar-refractivity contribution is 7.99. The molecule has 6 heteroatoms. The monoisotopic (exact) mass is 349 g/mol.